The van der Waals surface area contributed by atoms with Crippen molar-refractivity contribution >= 4 is 11.7 Å². The van der Waals surface area contributed by atoms with E-state index in [2.05, 4.69) is 4.98 Å². The molecule has 0 amide bonds. The Morgan fingerprint density at radius 1 is 1.21 bits per heavy atom. The summed E-state index contributed by atoms with van der Waals surface area (Å²) in [4.78, 5) is 16.4. The number of ether oxygens (including phenoxy) is 1. The average Bonchev–Trinajstić information content (AvgIpc) is 3.01. The van der Waals surface area contributed by atoms with E-state index in [0.29, 0.717) is 18.5 Å². The van der Waals surface area contributed by atoms with Gasteiger partial charge in [0.05, 0.1) is 12.7 Å². The Bertz CT molecular complexity index is 855. The fraction of sp³-hybridized carbons (Fsp3) is 0.158. The van der Waals surface area contributed by atoms with Gasteiger partial charge in [-0.05, 0) is 29.3 Å². The van der Waals surface area contributed by atoms with E-state index in [1.807, 2.05) is 53.2 Å². The third kappa shape index (κ3) is 3.46. The monoisotopic (exact) mass is 321 g/mol. The van der Waals surface area contributed by atoms with Crippen molar-refractivity contribution in [3.05, 3.63) is 83.4 Å². The fourth-order valence-electron chi connectivity index (χ4n) is 2.69. The first-order valence-corrected chi connectivity index (χ1v) is 7.68. The maximum atomic E-state index is 11.9. The molecule has 0 saturated heterocycles. The molecule has 0 aliphatic rings. The summed E-state index contributed by atoms with van der Waals surface area (Å²) in [7, 11) is 1.39. The van der Waals surface area contributed by atoms with Gasteiger partial charge in [-0.1, -0.05) is 30.3 Å². The molecule has 24 heavy (non-hydrogen) atoms. The van der Waals surface area contributed by atoms with Crippen molar-refractivity contribution in [2.75, 3.05) is 12.8 Å². The SMILES string of the molecule is COC(=O)c1ccccc1Cn1ccnc1Cc1cccc(N)c1. The predicted molar refractivity (Wildman–Crippen MR) is 92.8 cm³/mol. The van der Waals surface area contributed by atoms with Gasteiger partial charge in [-0.3, -0.25) is 0 Å². The van der Waals surface area contributed by atoms with Crippen LogP contribution in [0.3, 0.4) is 0 Å². The van der Waals surface area contributed by atoms with Gasteiger partial charge in [0, 0.05) is 31.0 Å². The third-order valence-electron chi connectivity index (χ3n) is 3.88. The lowest BCUT2D eigenvalue weighted by Gasteiger charge is -2.11. The maximum absolute atomic E-state index is 11.9. The maximum Gasteiger partial charge on any atom is 0.338 e. The Morgan fingerprint density at radius 3 is 2.83 bits per heavy atom. The fourth-order valence-corrected chi connectivity index (χ4v) is 2.69. The molecule has 2 N–H and O–H groups in total. The van der Waals surface area contributed by atoms with E-state index in [4.69, 9.17) is 10.5 Å². The van der Waals surface area contributed by atoms with Crippen LogP contribution in [0.15, 0.2) is 60.9 Å². The van der Waals surface area contributed by atoms with Gasteiger partial charge in [0.1, 0.15) is 5.82 Å². The summed E-state index contributed by atoms with van der Waals surface area (Å²) in [6.07, 6.45) is 4.36. The Labute approximate surface area is 140 Å². The smallest absolute Gasteiger partial charge is 0.338 e. The van der Waals surface area contributed by atoms with E-state index in [1.54, 1.807) is 12.3 Å². The molecule has 5 heteroatoms. The van der Waals surface area contributed by atoms with E-state index in [-0.39, 0.29) is 5.97 Å². The minimum atomic E-state index is -0.330. The molecule has 0 radical (unpaired) electrons. The second kappa shape index (κ2) is 7.00. The number of anilines is 1. The first-order valence-electron chi connectivity index (χ1n) is 7.68. The van der Waals surface area contributed by atoms with Gasteiger partial charge in [0.15, 0.2) is 0 Å². The minimum Gasteiger partial charge on any atom is -0.465 e. The van der Waals surface area contributed by atoms with Crippen LogP contribution in [0.1, 0.15) is 27.3 Å². The highest BCUT2D eigenvalue weighted by molar-refractivity contribution is 5.90. The topological polar surface area (TPSA) is 70.1 Å². The lowest BCUT2D eigenvalue weighted by atomic mass is 10.1. The Morgan fingerprint density at radius 2 is 2.04 bits per heavy atom. The van der Waals surface area contributed by atoms with Gasteiger partial charge in [-0.25, -0.2) is 9.78 Å². The molecular weight excluding hydrogens is 302 g/mol. The van der Waals surface area contributed by atoms with Gasteiger partial charge in [0.2, 0.25) is 0 Å². The van der Waals surface area contributed by atoms with E-state index < -0.39 is 0 Å². The highest BCUT2D eigenvalue weighted by Crippen LogP contribution is 2.16. The molecule has 0 atom stereocenters. The summed E-state index contributed by atoms with van der Waals surface area (Å²) in [6.45, 7) is 0.558. The Kier molecular flexibility index (Phi) is 4.61. The molecule has 2 aromatic carbocycles. The third-order valence-corrected chi connectivity index (χ3v) is 3.88. The number of carbonyl (C=O) groups is 1. The minimum absolute atomic E-state index is 0.330. The Hall–Kier alpha value is -3.08. The number of nitrogen functional groups attached to an aromatic ring is 1. The van der Waals surface area contributed by atoms with Gasteiger partial charge in [-0.2, -0.15) is 0 Å². The molecule has 122 valence electrons. The first kappa shape index (κ1) is 15.8. The van der Waals surface area contributed by atoms with Crippen molar-refractivity contribution in [1.82, 2.24) is 9.55 Å². The van der Waals surface area contributed by atoms with Crippen molar-refractivity contribution in [2.24, 2.45) is 0 Å². The van der Waals surface area contributed by atoms with Gasteiger partial charge in [-0.15, -0.1) is 0 Å². The first-order chi connectivity index (χ1) is 11.7. The van der Waals surface area contributed by atoms with Crippen LogP contribution in [0.5, 0.6) is 0 Å². The summed E-state index contributed by atoms with van der Waals surface area (Å²) in [5, 5.41) is 0. The number of methoxy groups -OCH3 is 1. The molecule has 0 spiro atoms. The van der Waals surface area contributed by atoms with Crippen LogP contribution in [-0.2, 0) is 17.7 Å². The number of esters is 1. The summed E-state index contributed by atoms with van der Waals surface area (Å²) < 4.78 is 6.89. The van der Waals surface area contributed by atoms with E-state index in [0.717, 1.165) is 22.6 Å². The zero-order valence-electron chi connectivity index (χ0n) is 13.5. The van der Waals surface area contributed by atoms with Crippen molar-refractivity contribution in [1.29, 1.82) is 0 Å². The second-order valence-corrected chi connectivity index (χ2v) is 5.54. The highest BCUT2D eigenvalue weighted by atomic mass is 16.5. The van der Waals surface area contributed by atoms with Crippen molar-refractivity contribution < 1.29 is 9.53 Å². The van der Waals surface area contributed by atoms with Crippen molar-refractivity contribution in [3.63, 3.8) is 0 Å². The van der Waals surface area contributed by atoms with Crippen LogP contribution in [0, 0.1) is 0 Å². The Balaban J connectivity index is 1.85. The molecule has 0 unspecified atom stereocenters. The number of nitrogens with zero attached hydrogens (tertiary/aromatic N) is 2. The zero-order chi connectivity index (χ0) is 16.9. The number of nitrogens with two attached hydrogens (primary N) is 1. The van der Waals surface area contributed by atoms with E-state index >= 15 is 0 Å². The summed E-state index contributed by atoms with van der Waals surface area (Å²) in [5.74, 6) is 0.586. The van der Waals surface area contributed by atoms with E-state index in [9.17, 15) is 4.79 Å². The molecule has 0 aliphatic heterocycles. The van der Waals surface area contributed by atoms with Crippen molar-refractivity contribution in [3.8, 4) is 0 Å². The van der Waals surface area contributed by atoms with Gasteiger partial charge in [0.25, 0.3) is 0 Å². The van der Waals surface area contributed by atoms with Crippen LogP contribution in [0.25, 0.3) is 0 Å². The van der Waals surface area contributed by atoms with Crippen LogP contribution < -0.4 is 5.73 Å². The summed E-state index contributed by atoms with van der Waals surface area (Å²) in [5.41, 5.74) is 9.15. The number of rotatable bonds is 5. The summed E-state index contributed by atoms with van der Waals surface area (Å²) >= 11 is 0. The lowest BCUT2D eigenvalue weighted by molar-refractivity contribution is 0.0599. The van der Waals surface area contributed by atoms with E-state index in [1.165, 1.54) is 7.11 Å². The standard InChI is InChI=1S/C19H19N3O2/c1-24-19(23)17-8-3-2-6-15(17)13-22-10-9-21-18(22)12-14-5-4-7-16(20)11-14/h2-11H,12-13,20H2,1H3. The molecule has 5 nitrogen and oxygen atoms in total. The molecule has 3 rings (SSSR count). The number of hydrogen-bond donors (Lipinski definition) is 1. The average molecular weight is 321 g/mol. The largest absolute Gasteiger partial charge is 0.465 e. The molecule has 1 heterocycles. The molecule has 0 saturated carbocycles. The van der Waals surface area contributed by atoms with Crippen LogP contribution in [0.4, 0.5) is 5.69 Å². The lowest BCUT2D eigenvalue weighted by Crippen LogP contribution is -2.11. The van der Waals surface area contributed by atoms with Crippen LogP contribution >= 0.6 is 0 Å². The van der Waals surface area contributed by atoms with Gasteiger partial charge < -0.3 is 15.0 Å². The number of imidazole rings is 1. The van der Waals surface area contributed by atoms with Gasteiger partial charge >= 0.3 is 5.97 Å². The number of hydrogen-bond acceptors (Lipinski definition) is 4. The second-order valence-electron chi connectivity index (χ2n) is 5.54. The normalized spacial score (nSPS) is 10.5. The van der Waals surface area contributed by atoms with Crippen molar-refractivity contribution in [2.45, 2.75) is 13.0 Å². The summed E-state index contributed by atoms with van der Waals surface area (Å²) in [6, 6.07) is 15.2. The number of aromatic nitrogens is 2. The molecule has 1 aromatic heterocycles. The molecule has 0 fully saturated rings. The van der Waals surface area contributed by atoms with Crippen LogP contribution in [0.2, 0.25) is 0 Å². The number of carbonyl (C=O) groups excluding carboxylic acids is 1. The molecule has 0 bridgehead atoms. The number of benzene rings is 2. The predicted octanol–water partition coefficient (Wildman–Crippen LogP) is 2.89. The highest BCUT2D eigenvalue weighted by Gasteiger charge is 2.13. The quantitative estimate of drug-likeness (QED) is 0.579. The molecule has 3 aromatic rings. The molecule has 0 aliphatic carbocycles. The zero-order valence-corrected chi connectivity index (χ0v) is 13.5. The molecular formula is C19H19N3O2. The van der Waals surface area contributed by atoms with Crippen LogP contribution in [-0.4, -0.2) is 22.6 Å².